The maximum Gasteiger partial charge on any atom is 0.313 e. The lowest BCUT2D eigenvalue weighted by Gasteiger charge is -2.40. The van der Waals surface area contributed by atoms with E-state index in [2.05, 4.69) is 32.7 Å². The molecular weight excluding hydrogens is 466 g/mol. The fraction of sp³-hybridized carbons (Fsp3) is 0.345. The summed E-state index contributed by atoms with van der Waals surface area (Å²) in [4.78, 5) is 47.8. The molecule has 0 bridgehead atoms. The number of aromatic nitrogens is 2. The summed E-state index contributed by atoms with van der Waals surface area (Å²) in [6.45, 7) is 0.999. The second-order valence-electron chi connectivity index (χ2n) is 9.89. The first-order valence-corrected chi connectivity index (χ1v) is 12.8. The van der Waals surface area contributed by atoms with E-state index in [1.165, 1.54) is 11.8 Å². The van der Waals surface area contributed by atoms with Crippen molar-refractivity contribution >= 4 is 23.4 Å². The highest BCUT2D eigenvalue weighted by Gasteiger charge is 2.46. The maximum atomic E-state index is 12.8. The summed E-state index contributed by atoms with van der Waals surface area (Å²) in [5.74, 6) is -1.11. The molecule has 1 aliphatic heterocycles. The zero-order chi connectivity index (χ0) is 25.7. The van der Waals surface area contributed by atoms with E-state index in [-0.39, 0.29) is 17.4 Å². The predicted octanol–water partition coefficient (Wildman–Crippen LogP) is 3.56. The van der Waals surface area contributed by atoms with Crippen molar-refractivity contribution in [2.75, 3.05) is 18.4 Å². The van der Waals surface area contributed by atoms with E-state index in [1.54, 1.807) is 29.4 Å². The average Bonchev–Trinajstić information content (AvgIpc) is 3.22. The van der Waals surface area contributed by atoms with Gasteiger partial charge in [0, 0.05) is 43.5 Å². The Kier molecular flexibility index (Phi) is 7.25. The van der Waals surface area contributed by atoms with Gasteiger partial charge in [-0.1, -0.05) is 30.3 Å². The number of amides is 3. The fourth-order valence-electron chi connectivity index (χ4n) is 5.67. The van der Waals surface area contributed by atoms with Gasteiger partial charge in [0.25, 0.3) is 0 Å². The molecule has 2 aliphatic rings. The maximum absolute atomic E-state index is 12.8. The van der Waals surface area contributed by atoms with Crippen LogP contribution in [0.5, 0.6) is 0 Å². The number of pyridine rings is 2. The van der Waals surface area contributed by atoms with E-state index in [0.29, 0.717) is 25.2 Å². The number of carbonyl (C=O) groups is 3. The zero-order valence-electron chi connectivity index (χ0n) is 20.7. The van der Waals surface area contributed by atoms with Crippen molar-refractivity contribution in [3.05, 3.63) is 90.0 Å². The van der Waals surface area contributed by atoms with E-state index in [9.17, 15) is 14.4 Å². The van der Waals surface area contributed by atoms with Crippen LogP contribution < -0.4 is 10.6 Å². The van der Waals surface area contributed by atoms with Crippen molar-refractivity contribution in [1.29, 1.82) is 0 Å². The molecule has 1 aliphatic carbocycles. The second kappa shape index (κ2) is 10.9. The first kappa shape index (κ1) is 24.6. The van der Waals surface area contributed by atoms with Gasteiger partial charge in [-0.15, -0.1) is 0 Å². The van der Waals surface area contributed by atoms with Crippen molar-refractivity contribution < 1.29 is 14.4 Å². The highest BCUT2D eigenvalue weighted by Crippen LogP contribution is 2.50. The van der Waals surface area contributed by atoms with Gasteiger partial charge in [-0.3, -0.25) is 24.4 Å². The topological polar surface area (TPSA) is 104 Å². The molecule has 0 saturated carbocycles. The molecule has 8 heteroatoms. The number of hydrogen-bond donors (Lipinski definition) is 2. The summed E-state index contributed by atoms with van der Waals surface area (Å²) in [5, 5.41) is 5.90. The van der Waals surface area contributed by atoms with Crippen LogP contribution in [0, 0.1) is 0 Å². The Bertz CT molecular complexity index is 1260. The van der Waals surface area contributed by atoms with Gasteiger partial charge < -0.3 is 15.5 Å². The number of anilines is 1. The third-order valence-corrected chi connectivity index (χ3v) is 7.55. The molecule has 1 spiro atoms. The smallest absolute Gasteiger partial charge is 0.313 e. The zero-order valence-corrected chi connectivity index (χ0v) is 20.7. The Hall–Kier alpha value is -4.07. The van der Waals surface area contributed by atoms with Crippen LogP contribution in [0.4, 0.5) is 5.69 Å². The molecule has 37 heavy (non-hydrogen) atoms. The van der Waals surface area contributed by atoms with Gasteiger partial charge in [0.2, 0.25) is 5.91 Å². The Morgan fingerprint density at radius 2 is 1.70 bits per heavy atom. The molecule has 0 radical (unpaired) electrons. The average molecular weight is 498 g/mol. The molecule has 5 rings (SSSR count). The molecular formula is C29H31N5O3. The Labute approximate surface area is 216 Å². The molecule has 0 unspecified atom stereocenters. The van der Waals surface area contributed by atoms with E-state index in [1.807, 2.05) is 30.5 Å². The van der Waals surface area contributed by atoms with Gasteiger partial charge in [-0.05, 0) is 67.0 Å². The molecule has 1 saturated heterocycles. The number of rotatable bonds is 6. The quantitative estimate of drug-likeness (QED) is 0.507. The fourth-order valence-corrected chi connectivity index (χ4v) is 5.67. The molecule has 3 heterocycles. The molecule has 190 valence electrons. The molecule has 2 N–H and O–H groups in total. The van der Waals surface area contributed by atoms with Crippen LogP contribution >= 0.6 is 0 Å². The van der Waals surface area contributed by atoms with Gasteiger partial charge in [0.1, 0.15) is 0 Å². The lowest BCUT2D eigenvalue weighted by molar-refractivity contribution is -0.144. The summed E-state index contributed by atoms with van der Waals surface area (Å²) in [6, 6.07) is 15.6. The lowest BCUT2D eigenvalue weighted by atomic mass is 9.73. The minimum Gasteiger partial charge on any atom is -0.349 e. The van der Waals surface area contributed by atoms with Crippen molar-refractivity contribution in [2.45, 2.75) is 50.0 Å². The van der Waals surface area contributed by atoms with Crippen LogP contribution in [-0.4, -0.2) is 45.7 Å². The summed E-state index contributed by atoms with van der Waals surface area (Å²) in [7, 11) is 0. The van der Waals surface area contributed by atoms with Crippen molar-refractivity contribution in [3.8, 4) is 0 Å². The molecule has 8 nitrogen and oxygen atoms in total. The van der Waals surface area contributed by atoms with Crippen LogP contribution in [0.1, 0.15) is 54.8 Å². The summed E-state index contributed by atoms with van der Waals surface area (Å²) >= 11 is 0. The van der Waals surface area contributed by atoms with Gasteiger partial charge in [0.15, 0.2) is 0 Å². The van der Waals surface area contributed by atoms with Gasteiger partial charge >= 0.3 is 11.8 Å². The molecule has 3 aromatic rings. The van der Waals surface area contributed by atoms with Crippen LogP contribution in [0.15, 0.2) is 73.3 Å². The minimum atomic E-state index is -0.646. The summed E-state index contributed by atoms with van der Waals surface area (Å²) in [6.07, 6.45) is 11.1. The van der Waals surface area contributed by atoms with E-state index in [0.717, 1.165) is 43.2 Å². The molecule has 1 aromatic carbocycles. The van der Waals surface area contributed by atoms with Crippen LogP contribution in [-0.2, 0) is 26.2 Å². The number of fused-ring (bicyclic) bond motifs is 2. The highest BCUT2D eigenvalue weighted by molar-refractivity contribution is 6.39. The number of hydrogen-bond acceptors (Lipinski definition) is 5. The van der Waals surface area contributed by atoms with Crippen LogP contribution in [0.2, 0.25) is 0 Å². The first-order valence-electron chi connectivity index (χ1n) is 12.8. The first-order chi connectivity index (χ1) is 18.0. The number of carbonyl (C=O) groups excluding carboxylic acids is 3. The molecule has 2 aromatic heterocycles. The normalized spacial score (nSPS) is 17.7. The Balaban J connectivity index is 1.18. The number of nitrogens with one attached hydrogen (secondary N) is 2. The monoisotopic (exact) mass is 497 g/mol. The number of benzene rings is 1. The highest BCUT2D eigenvalue weighted by atomic mass is 16.2. The minimum absolute atomic E-state index is 0.0433. The third-order valence-electron chi connectivity index (χ3n) is 7.55. The number of likely N-dealkylation sites (tertiary alicyclic amines) is 1. The molecule has 3 amide bonds. The van der Waals surface area contributed by atoms with Gasteiger partial charge in [-0.2, -0.15) is 0 Å². The predicted molar refractivity (Wildman–Crippen MR) is 139 cm³/mol. The SMILES string of the molecule is O=C(CCCc1cccnc1)N[C@@H]1CC2(CCN(C(=O)C(=O)Nc3cccnc3)CC2)c2ccccc21. The largest absolute Gasteiger partial charge is 0.349 e. The van der Waals surface area contributed by atoms with Crippen LogP contribution in [0.3, 0.4) is 0 Å². The van der Waals surface area contributed by atoms with Crippen molar-refractivity contribution in [2.24, 2.45) is 0 Å². The van der Waals surface area contributed by atoms with E-state index in [4.69, 9.17) is 0 Å². The molecule has 1 fully saturated rings. The van der Waals surface area contributed by atoms with E-state index >= 15 is 0 Å². The van der Waals surface area contributed by atoms with Gasteiger partial charge in [0.05, 0.1) is 17.9 Å². The number of nitrogens with zero attached hydrogens (tertiary/aromatic N) is 3. The van der Waals surface area contributed by atoms with Gasteiger partial charge in [-0.25, -0.2) is 0 Å². The summed E-state index contributed by atoms with van der Waals surface area (Å²) in [5.41, 5.74) is 3.94. The third kappa shape index (κ3) is 5.53. The Morgan fingerprint density at radius 3 is 2.43 bits per heavy atom. The molecule has 1 atom stereocenters. The summed E-state index contributed by atoms with van der Waals surface area (Å²) < 4.78 is 0. The Morgan fingerprint density at radius 1 is 0.946 bits per heavy atom. The van der Waals surface area contributed by atoms with Crippen molar-refractivity contribution in [1.82, 2.24) is 20.2 Å². The second-order valence-corrected chi connectivity index (χ2v) is 9.89. The number of aryl methyl sites for hydroxylation is 1. The van der Waals surface area contributed by atoms with E-state index < -0.39 is 11.8 Å². The lowest BCUT2D eigenvalue weighted by Crippen LogP contribution is -2.48. The van der Waals surface area contributed by atoms with Crippen molar-refractivity contribution in [3.63, 3.8) is 0 Å². The number of piperidine rings is 1. The van der Waals surface area contributed by atoms with Crippen LogP contribution in [0.25, 0.3) is 0 Å². The standard InChI is InChI=1S/C29H31N5O3/c35-26(11-3-6-21-7-4-14-30-19-21)33-25-18-29(24-10-2-1-9-23(24)25)12-16-34(17-13-29)28(37)27(36)32-22-8-5-15-31-20-22/h1-2,4-5,7-10,14-15,19-20,25H,3,6,11-13,16-18H2,(H,32,36)(H,33,35)/t25-/m1/s1.